The number of hydrogen-bond acceptors (Lipinski definition) is 4. The van der Waals surface area contributed by atoms with Crippen molar-refractivity contribution in [2.24, 2.45) is 0 Å². The van der Waals surface area contributed by atoms with Crippen molar-refractivity contribution in [3.63, 3.8) is 0 Å². The SMILES string of the molecule is CCn1nc(C)c(CC(=O)NCC2CN(C3CC3)CCO2)c1C. The van der Waals surface area contributed by atoms with Gasteiger partial charge in [-0.3, -0.25) is 14.4 Å². The fourth-order valence-electron chi connectivity index (χ4n) is 3.39. The molecule has 128 valence electrons. The van der Waals surface area contributed by atoms with E-state index < -0.39 is 0 Å². The minimum atomic E-state index is 0.0546. The third kappa shape index (κ3) is 3.93. The van der Waals surface area contributed by atoms with Crippen LogP contribution in [0.3, 0.4) is 0 Å². The maximum absolute atomic E-state index is 12.3. The summed E-state index contributed by atoms with van der Waals surface area (Å²) in [6.07, 6.45) is 3.16. The van der Waals surface area contributed by atoms with Crippen LogP contribution in [0.2, 0.25) is 0 Å². The van der Waals surface area contributed by atoms with E-state index in [0.29, 0.717) is 13.0 Å². The van der Waals surface area contributed by atoms with Gasteiger partial charge in [0.1, 0.15) is 0 Å². The Morgan fingerprint density at radius 2 is 2.17 bits per heavy atom. The van der Waals surface area contributed by atoms with Crippen LogP contribution in [0, 0.1) is 13.8 Å². The second-order valence-electron chi connectivity index (χ2n) is 6.66. The fraction of sp³-hybridized carbons (Fsp3) is 0.765. The molecule has 1 atom stereocenters. The van der Waals surface area contributed by atoms with Crippen LogP contribution in [0.4, 0.5) is 0 Å². The van der Waals surface area contributed by atoms with Crippen LogP contribution in [-0.4, -0.2) is 59.0 Å². The molecule has 23 heavy (non-hydrogen) atoms. The van der Waals surface area contributed by atoms with E-state index in [1.807, 2.05) is 18.5 Å². The fourth-order valence-corrected chi connectivity index (χ4v) is 3.39. The van der Waals surface area contributed by atoms with Gasteiger partial charge in [0.05, 0.1) is 24.8 Å². The number of nitrogens with zero attached hydrogens (tertiary/aromatic N) is 3. The number of carbonyl (C=O) groups is 1. The van der Waals surface area contributed by atoms with Crippen LogP contribution in [0.5, 0.6) is 0 Å². The summed E-state index contributed by atoms with van der Waals surface area (Å²) in [7, 11) is 0. The Morgan fingerprint density at radius 1 is 1.39 bits per heavy atom. The summed E-state index contributed by atoms with van der Waals surface area (Å²) < 4.78 is 7.74. The molecule has 1 saturated heterocycles. The smallest absolute Gasteiger partial charge is 0.224 e. The van der Waals surface area contributed by atoms with Crippen LogP contribution in [0.15, 0.2) is 0 Å². The second kappa shape index (κ2) is 7.01. The van der Waals surface area contributed by atoms with Gasteiger partial charge in [-0.1, -0.05) is 0 Å². The molecule has 3 rings (SSSR count). The normalized spacial score (nSPS) is 22.3. The van der Waals surface area contributed by atoms with Crippen molar-refractivity contribution < 1.29 is 9.53 Å². The van der Waals surface area contributed by atoms with Gasteiger partial charge in [0, 0.05) is 43.5 Å². The first-order valence-electron chi connectivity index (χ1n) is 8.73. The molecule has 0 aromatic carbocycles. The van der Waals surface area contributed by atoms with Gasteiger partial charge in [-0.25, -0.2) is 0 Å². The Balaban J connectivity index is 1.48. The van der Waals surface area contributed by atoms with E-state index in [-0.39, 0.29) is 12.0 Å². The number of amides is 1. The first kappa shape index (κ1) is 16.5. The van der Waals surface area contributed by atoms with Crippen molar-refractivity contribution in [1.82, 2.24) is 20.0 Å². The van der Waals surface area contributed by atoms with E-state index in [1.165, 1.54) is 12.8 Å². The monoisotopic (exact) mass is 320 g/mol. The van der Waals surface area contributed by atoms with Gasteiger partial charge in [-0.05, 0) is 33.6 Å². The number of hydrogen-bond donors (Lipinski definition) is 1. The molecule has 1 saturated carbocycles. The highest BCUT2D eigenvalue weighted by molar-refractivity contribution is 5.79. The predicted molar refractivity (Wildman–Crippen MR) is 88.4 cm³/mol. The third-order valence-corrected chi connectivity index (χ3v) is 4.93. The maximum Gasteiger partial charge on any atom is 0.224 e. The average molecular weight is 320 g/mol. The first-order chi connectivity index (χ1) is 11.1. The number of aromatic nitrogens is 2. The number of morpholine rings is 1. The summed E-state index contributed by atoms with van der Waals surface area (Å²) in [5.41, 5.74) is 3.09. The molecule has 0 spiro atoms. The van der Waals surface area contributed by atoms with E-state index in [1.54, 1.807) is 0 Å². The maximum atomic E-state index is 12.3. The minimum absolute atomic E-state index is 0.0546. The average Bonchev–Trinajstić information content (AvgIpc) is 3.36. The Kier molecular flexibility index (Phi) is 5.02. The molecule has 1 aromatic heterocycles. The number of nitrogens with one attached hydrogen (secondary N) is 1. The summed E-state index contributed by atoms with van der Waals surface area (Å²) in [6.45, 7) is 10.3. The molecule has 2 aliphatic rings. The number of carbonyl (C=O) groups excluding carboxylic acids is 1. The number of ether oxygens (including phenoxy) is 1. The molecule has 0 radical (unpaired) electrons. The van der Waals surface area contributed by atoms with Crippen LogP contribution in [0.1, 0.15) is 36.7 Å². The molecule has 2 heterocycles. The van der Waals surface area contributed by atoms with E-state index >= 15 is 0 Å². The summed E-state index contributed by atoms with van der Waals surface area (Å²) >= 11 is 0. The standard InChI is InChI=1S/C17H28N4O2/c1-4-21-13(3)16(12(2)19-21)9-17(22)18-10-15-11-20(7-8-23-15)14-5-6-14/h14-15H,4-11H2,1-3H3,(H,18,22). The third-order valence-electron chi connectivity index (χ3n) is 4.93. The Bertz CT molecular complexity index is 565. The van der Waals surface area contributed by atoms with Gasteiger partial charge in [0.15, 0.2) is 0 Å². The highest BCUT2D eigenvalue weighted by Gasteiger charge is 2.33. The van der Waals surface area contributed by atoms with E-state index in [4.69, 9.17) is 4.74 Å². The van der Waals surface area contributed by atoms with Crippen molar-refractivity contribution in [2.75, 3.05) is 26.2 Å². The van der Waals surface area contributed by atoms with Crippen molar-refractivity contribution in [1.29, 1.82) is 0 Å². The van der Waals surface area contributed by atoms with Crippen molar-refractivity contribution in [3.8, 4) is 0 Å². The lowest BCUT2D eigenvalue weighted by Crippen LogP contribution is -2.48. The van der Waals surface area contributed by atoms with Gasteiger partial charge >= 0.3 is 0 Å². The zero-order valence-electron chi connectivity index (χ0n) is 14.5. The molecular weight excluding hydrogens is 292 g/mol. The molecule has 0 bridgehead atoms. The van der Waals surface area contributed by atoms with Crippen molar-refractivity contribution >= 4 is 5.91 Å². The van der Waals surface area contributed by atoms with Gasteiger partial charge in [-0.2, -0.15) is 5.10 Å². The molecule has 1 aromatic rings. The predicted octanol–water partition coefficient (Wildman–Crippen LogP) is 1.04. The molecular formula is C17H28N4O2. The zero-order chi connectivity index (χ0) is 16.4. The summed E-state index contributed by atoms with van der Waals surface area (Å²) in [6, 6.07) is 0.766. The Hall–Kier alpha value is -1.40. The zero-order valence-corrected chi connectivity index (χ0v) is 14.5. The van der Waals surface area contributed by atoms with E-state index in [2.05, 4.69) is 22.2 Å². The highest BCUT2D eigenvalue weighted by Crippen LogP contribution is 2.28. The van der Waals surface area contributed by atoms with E-state index in [0.717, 1.165) is 49.2 Å². The largest absolute Gasteiger partial charge is 0.374 e. The van der Waals surface area contributed by atoms with Gasteiger partial charge in [0.2, 0.25) is 5.91 Å². The molecule has 6 heteroatoms. The van der Waals surface area contributed by atoms with Gasteiger partial charge in [-0.15, -0.1) is 0 Å². The van der Waals surface area contributed by atoms with Crippen LogP contribution in [-0.2, 0) is 22.5 Å². The number of aryl methyl sites for hydroxylation is 2. The van der Waals surface area contributed by atoms with Crippen molar-refractivity contribution in [2.45, 2.75) is 58.7 Å². The summed E-state index contributed by atoms with van der Waals surface area (Å²) in [4.78, 5) is 14.8. The molecule has 1 unspecified atom stereocenters. The molecule has 6 nitrogen and oxygen atoms in total. The topological polar surface area (TPSA) is 59.4 Å². The lowest BCUT2D eigenvalue weighted by atomic mass is 10.1. The summed E-state index contributed by atoms with van der Waals surface area (Å²) in [5, 5.41) is 7.51. The Morgan fingerprint density at radius 3 is 2.83 bits per heavy atom. The highest BCUT2D eigenvalue weighted by atomic mass is 16.5. The molecule has 2 fully saturated rings. The van der Waals surface area contributed by atoms with Gasteiger partial charge in [0.25, 0.3) is 0 Å². The van der Waals surface area contributed by atoms with Crippen LogP contribution in [0.25, 0.3) is 0 Å². The van der Waals surface area contributed by atoms with Crippen molar-refractivity contribution in [3.05, 3.63) is 17.0 Å². The molecule has 1 N–H and O–H groups in total. The lowest BCUT2D eigenvalue weighted by molar-refractivity contribution is -0.121. The molecule has 1 aliphatic carbocycles. The lowest BCUT2D eigenvalue weighted by Gasteiger charge is -2.33. The minimum Gasteiger partial charge on any atom is -0.374 e. The number of rotatable bonds is 6. The van der Waals surface area contributed by atoms with Gasteiger partial charge < -0.3 is 10.1 Å². The molecule has 1 aliphatic heterocycles. The van der Waals surface area contributed by atoms with Crippen LogP contribution >= 0.6 is 0 Å². The first-order valence-corrected chi connectivity index (χ1v) is 8.73. The van der Waals surface area contributed by atoms with E-state index in [9.17, 15) is 4.79 Å². The quantitative estimate of drug-likeness (QED) is 0.851. The summed E-state index contributed by atoms with van der Waals surface area (Å²) in [5.74, 6) is 0.0546. The molecule has 1 amide bonds. The van der Waals surface area contributed by atoms with Crippen LogP contribution < -0.4 is 5.32 Å². The Labute approximate surface area is 138 Å². The second-order valence-corrected chi connectivity index (χ2v) is 6.66.